The molecule has 0 aromatic heterocycles. The van der Waals surface area contributed by atoms with E-state index < -0.39 is 17.2 Å². The van der Waals surface area contributed by atoms with E-state index >= 15 is 0 Å². The molecule has 0 aromatic rings. The summed E-state index contributed by atoms with van der Waals surface area (Å²) in [6.07, 6.45) is -0.501. The van der Waals surface area contributed by atoms with Gasteiger partial charge in [0.05, 0.1) is 126 Å². The average molecular weight is 773 g/mol. The van der Waals surface area contributed by atoms with Crippen LogP contribution in [-0.4, -0.2) is 190 Å². The largest absolute Gasteiger partial charge is 0.481 e. The predicted molar refractivity (Wildman–Crippen MR) is 193 cm³/mol. The SMILES string of the molecule is CN(CCOCCOCCOCCOCCC(=O)O)C(=O)OC(C)(C)C.COC(=O)CCOCCOCCOCCOCCN(C)C(=O)OC(C)(C)C. The molecular formula is C35H68N2O16. The normalized spacial score (nSPS) is 11.3. The summed E-state index contributed by atoms with van der Waals surface area (Å²) >= 11 is 0. The van der Waals surface area contributed by atoms with Crippen LogP contribution in [0.15, 0.2) is 0 Å². The lowest BCUT2D eigenvalue weighted by molar-refractivity contribution is -0.142. The van der Waals surface area contributed by atoms with Gasteiger partial charge >= 0.3 is 24.1 Å². The van der Waals surface area contributed by atoms with Gasteiger partial charge in [-0.3, -0.25) is 9.59 Å². The zero-order valence-electron chi connectivity index (χ0n) is 33.6. The zero-order chi connectivity index (χ0) is 40.4. The highest BCUT2D eigenvalue weighted by molar-refractivity contribution is 5.69. The Labute approximate surface area is 315 Å². The Bertz CT molecular complexity index is 927. The van der Waals surface area contributed by atoms with Gasteiger partial charge in [0.15, 0.2) is 0 Å². The highest BCUT2D eigenvalue weighted by atomic mass is 16.6. The van der Waals surface area contributed by atoms with Crippen LogP contribution in [0.1, 0.15) is 54.4 Å². The molecule has 0 rings (SSSR count). The standard InChI is InChI=1S/C18H35NO8.C17H33NO8/c1-18(2,3)27-17(21)19(4)7-9-24-11-13-26-15-14-25-12-10-23-8-6-16(20)22-5;1-17(2,3)26-16(21)18(4)6-8-23-10-12-25-14-13-24-11-9-22-7-5-15(19)20/h6-15H2,1-5H3;5-14H2,1-4H3,(H,19,20). The molecule has 0 aromatic carbocycles. The first-order valence-electron chi connectivity index (χ1n) is 17.8. The van der Waals surface area contributed by atoms with Crippen molar-refractivity contribution in [2.75, 3.05) is 140 Å². The summed E-state index contributed by atoms with van der Waals surface area (Å²) in [5.74, 6) is -1.17. The van der Waals surface area contributed by atoms with E-state index in [4.69, 9.17) is 52.5 Å². The summed E-state index contributed by atoms with van der Waals surface area (Å²) in [4.78, 5) is 47.5. The number of carbonyl (C=O) groups excluding carboxylic acids is 3. The van der Waals surface area contributed by atoms with Gasteiger partial charge in [-0.1, -0.05) is 0 Å². The molecule has 0 aliphatic heterocycles. The molecular weight excluding hydrogens is 704 g/mol. The minimum absolute atomic E-state index is 0.00330. The second-order valence-corrected chi connectivity index (χ2v) is 13.2. The summed E-state index contributed by atoms with van der Waals surface area (Å²) in [5, 5.41) is 8.42. The van der Waals surface area contributed by atoms with Gasteiger partial charge in [0, 0.05) is 27.2 Å². The Morgan fingerprint density at radius 2 is 0.717 bits per heavy atom. The zero-order valence-corrected chi connectivity index (χ0v) is 33.6. The maximum Gasteiger partial charge on any atom is 0.410 e. The number of rotatable bonds is 30. The summed E-state index contributed by atoms with van der Waals surface area (Å²) < 4.78 is 57.4. The third-order valence-electron chi connectivity index (χ3n) is 5.92. The van der Waals surface area contributed by atoms with Crippen molar-refractivity contribution in [2.24, 2.45) is 0 Å². The lowest BCUT2D eigenvalue weighted by Crippen LogP contribution is -2.36. The third kappa shape index (κ3) is 41.8. The van der Waals surface area contributed by atoms with E-state index in [1.165, 1.54) is 16.9 Å². The van der Waals surface area contributed by atoms with Gasteiger partial charge in [0.1, 0.15) is 11.2 Å². The molecule has 18 nitrogen and oxygen atoms in total. The summed E-state index contributed by atoms with van der Waals surface area (Å²) in [6.45, 7) is 18.4. The Morgan fingerprint density at radius 3 is 0.981 bits per heavy atom. The molecule has 0 atom stereocenters. The number of hydrogen-bond acceptors (Lipinski definition) is 15. The minimum Gasteiger partial charge on any atom is -0.481 e. The van der Waals surface area contributed by atoms with Gasteiger partial charge in [0.25, 0.3) is 0 Å². The number of methoxy groups -OCH3 is 1. The summed E-state index contributed by atoms with van der Waals surface area (Å²) in [6, 6.07) is 0. The molecule has 0 fully saturated rings. The Balaban J connectivity index is 0. The molecule has 0 radical (unpaired) electrons. The fourth-order valence-electron chi connectivity index (χ4n) is 3.21. The number of ether oxygens (including phenoxy) is 11. The molecule has 0 unspecified atom stereocenters. The molecule has 0 aliphatic rings. The van der Waals surface area contributed by atoms with Crippen molar-refractivity contribution in [1.82, 2.24) is 9.80 Å². The third-order valence-corrected chi connectivity index (χ3v) is 5.92. The number of carboxylic acids is 1. The molecule has 0 heterocycles. The van der Waals surface area contributed by atoms with Crippen LogP contribution in [0.3, 0.4) is 0 Å². The predicted octanol–water partition coefficient (Wildman–Crippen LogP) is 2.88. The minimum atomic E-state index is -0.877. The second kappa shape index (κ2) is 33.7. The maximum atomic E-state index is 11.7. The maximum absolute atomic E-state index is 11.7. The monoisotopic (exact) mass is 772 g/mol. The summed E-state index contributed by atoms with van der Waals surface area (Å²) in [7, 11) is 4.68. The highest BCUT2D eigenvalue weighted by Crippen LogP contribution is 2.09. The summed E-state index contributed by atoms with van der Waals surface area (Å²) in [5.41, 5.74) is -1.01. The first kappa shape index (κ1) is 52.3. The van der Waals surface area contributed by atoms with E-state index in [1.54, 1.807) is 14.1 Å². The van der Waals surface area contributed by atoms with Crippen molar-refractivity contribution in [1.29, 1.82) is 0 Å². The fourth-order valence-corrected chi connectivity index (χ4v) is 3.21. The van der Waals surface area contributed by atoms with Gasteiger partial charge in [-0.25, -0.2) is 9.59 Å². The van der Waals surface area contributed by atoms with E-state index in [2.05, 4.69) is 4.74 Å². The number of hydrogen-bond donors (Lipinski definition) is 1. The van der Waals surface area contributed by atoms with Crippen molar-refractivity contribution >= 4 is 24.1 Å². The topological polar surface area (TPSA) is 197 Å². The molecule has 314 valence electrons. The van der Waals surface area contributed by atoms with Crippen LogP contribution in [-0.2, 0) is 61.7 Å². The van der Waals surface area contributed by atoms with Crippen LogP contribution in [0.4, 0.5) is 9.59 Å². The smallest absolute Gasteiger partial charge is 0.410 e. The van der Waals surface area contributed by atoms with Crippen molar-refractivity contribution < 1.29 is 76.4 Å². The van der Waals surface area contributed by atoms with Crippen LogP contribution in [0.5, 0.6) is 0 Å². The fraction of sp³-hybridized carbons (Fsp3) is 0.886. The molecule has 1 N–H and O–H groups in total. The lowest BCUT2D eigenvalue weighted by atomic mass is 10.2. The first-order chi connectivity index (χ1) is 25.0. The van der Waals surface area contributed by atoms with Gasteiger partial charge in [0.2, 0.25) is 0 Å². The number of likely N-dealkylation sites (N-methyl/N-ethyl adjacent to an activating group) is 2. The van der Waals surface area contributed by atoms with E-state index in [-0.39, 0.29) is 37.6 Å². The molecule has 0 aliphatic carbocycles. The Kier molecular flexibility index (Phi) is 33.2. The van der Waals surface area contributed by atoms with E-state index in [0.717, 1.165) is 0 Å². The number of nitrogens with zero attached hydrogens (tertiary/aromatic N) is 2. The number of esters is 1. The molecule has 0 saturated carbocycles. The van der Waals surface area contributed by atoms with Gasteiger partial charge < -0.3 is 67.0 Å². The van der Waals surface area contributed by atoms with Crippen LogP contribution in [0.25, 0.3) is 0 Å². The van der Waals surface area contributed by atoms with Crippen LogP contribution >= 0.6 is 0 Å². The van der Waals surface area contributed by atoms with Gasteiger partial charge in [-0.05, 0) is 41.5 Å². The average Bonchev–Trinajstić information content (AvgIpc) is 3.06. The molecule has 18 heteroatoms. The number of amides is 2. The Morgan fingerprint density at radius 1 is 0.453 bits per heavy atom. The van der Waals surface area contributed by atoms with E-state index in [0.29, 0.717) is 112 Å². The first-order valence-corrected chi connectivity index (χ1v) is 17.8. The number of carbonyl (C=O) groups is 4. The molecule has 0 bridgehead atoms. The van der Waals surface area contributed by atoms with Crippen LogP contribution < -0.4 is 0 Å². The van der Waals surface area contributed by atoms with Gasteiger partial charge in [-0.2, -0.15) is 0 Å². The van der Waals surface area contributed by atoms with Gasteiger partial charge in [-0.15, -0.1) is 0 Å². The lowest BCUT2D eigenvalue weighted by Gasteiger charge is -2.24. The second-order valence-electron chi connectivity index (χ2n) is 13.2. The van der Waals surface area contributed by atoms with Crippen LogP contribution in [0, 0.1) is 0 Å². The quantitative estimate of drug-likeness (QED) is 0.0635. The highest BCUT2D eigenvalue weighted by Gasteiger charge is 2.20. The van der Waals surface area contributed by atoms with E-state index in [1.807, 2.05) is 41.5 Å². The molecule has 0 spiro atoms. The van der Waals surface area contributed by atoms with E-state index in [9.17, 15) is 19.2 Å². The Hall–Kier alpha value is -2.84. The molecule has 2 amide bonds. The number of aliphatic carboxylic acids is 1. The van der Waals surface area contributed by atoms with Crippen molar-refractivity contribution in [2.45, 2.75) is 65.6 Å². The number of carboxylic acid groups (broad SMARTS) is 1. The van der Waals surface area contributed by atoms with Crippen LogP contribution in [0.2, 0.25) is 0 Å². The molecule has 0 saturated heterocycles. The molecule has 53 heavy (non-hydrogen) atoms. The van der Waals surface area contributed by atoms with Crippen molar-refractivity contribution in [3.8, 4) is 0 Å². The van der Waals surface area contributed by atoms with Crippen molar-refractivity contribution in [3.05, 3.63) is 0 Å². The van der Waals surface area contributed by atoms with Crippen molar-refractivity contribution in [3.63, 3.8) is 0 Å².